The number of hydrogen-bond acceptors (Lipinski definition) is 5. The van der Waals surface area contributed by atoms with Gasteiger partial charge in [-0.2, -0.15) is 0 Å². The summed E-state index contributed by atoms with van der Waals surface area (Å²) in [6.45, 7) is 0. The number of nitro groups is 1. The van der Waals surface area contributed by atoms with Crippen LogP contribution in [0.2, 0.25) is 0 Å². The van der Waals surface area contributed by atoms with Crippen LogP contribution in [0.25, 0.3) is 0 Å². The molecule has 0 atom stereocenters. The minimum Gasteiger partial charge on any atom is -0.482 e. The molecule has 1 aromatic heterocycles. The van der Waals surface area contributed by atoms with Crippen molar-refractivity contribution < 1.29 is 14.5 Å². The Morgan fingerprint density at radius 1 is 1.53 bits per heavy atom. The van der Waals surface area contributed by atoms with Crippen LogP contribution in [-0.4, -0.2) is 22.3 Å². The molecule has 1 aliphatic carbocycles. The lowest BCUT2D eigenvalue weighted by Gasteiger charge is -2.03. The highest BCUT2D eigenvalue weighted by Gasteiger charge is 2.28. The number of ether oxygens (including phenoxy) is 1. The molecule has 0 aromatic carbocycles. The summed E-state index contributed by atoms with van der Waals surface area (Å²) in [7, 11) is 0. The molecule has 1 aliphatic rings. The van der Waals surface area contributed by atoms with E-state index in [-0.39, 0.29) is 17.5 Å². The Hall–Kier alpha value is -1.98. The molecule has 6 heteroatoms. The Labute approximate surface area is 85.0 Å². The first-order chi connectivity index (χ1) is 7.20. The van der Waals surface area contributed by atoms with E-state index in [0.29, 0.717) is 6.29 Å². The number of carbonyl (C=O) groups excluding carboxylic acids is 1. The predicted octanol–water partition coefficient (Wildman–Crippen LogP) is 1.34. The van der Waals surface area contributed by atoms with Gasteiger partial charge in [-0.15, -0.1) is 0 Å². The minimum atomic E-state index is -0.648. The van der Waals surface area contributed by atoms with E-state index in [4.69, 9.17) is 4.74 Å². The van der Waals surface area contributed by atoms with E-state index in [2.05, 4.69) is 4.98 Å². The van der Waals surface area contributed by atoms with Crippen LogP contribution in [0.15, 0.2) is 12.1 Å². The fourth-order valence-electron chi connectivity index (χ4n) is 1.10. The van der Waals surface area contributed by atoms with Crippen molar-refractivity contribution in [3.63, 3.8) is 0 Å². The lowest BCUT2D eigenvalue weighted by Crippen LogP contribution is -2.03. The van der Waals surface area contributed by atoms with E-state index in [1.807, 2.05) is 0 Å². The fraction of sp³-hybridized carbons (Fsp3) is 0.333. The molecule has 78 valence electrons. The van der Waals surface area contributed by atoms with Gasteiger partial charge in [-0.25, -0.2) is 0 Å². The first-order valence-corrected chi connectivity index (χ1v) is 4.48. The van der Waals surface area contributed by atoms with Crippen molar-refractivity contribution in [2.24, 2.45) is 0 Å². The molecule has 1 aromatic rings. The van der Waals surface area contributed by atoms with E-state index in [0.717, 1.165) is 12.8 Å². The molecule has 0 spiro atoms. The monoisotopic (exact) mass is 208 g/mol. The zero-order chi connectivity index (χ0) is 10.8. The molecular formula is C9H8N2O4. The first kappa shape index (κ1) is 9.57. The molecule has 0 unspecified atom stereocenters. The molecule has 0 N–H and O–H groups in total. The maximum absolute atomic E-state index is 10.6. The van der Waals surface area contributed by atoms with Gasteiger partial charge in [0.2, 0.25) is 11.4 Å². The summed E-state index contributed by atoms with van der Waals surface area (Å²) in [6, 6.07) is 2.81. The molecule has 0 saturated heterocycles. The van der Waals surface area contributed by atoms with Crippen LogP contribution >= 0.6 is 0 Å². The number of rotatable bonds is 4. The quantitative estimate of drug-likeness (QED) is 0.423. The topological polar surface area (TPSA) is 82.3 Å². The summed E-state index contributed by atoms with van der Waals surface area (Å²) < 4.78 is 5.30. The van der Waals surface area contributed by atoms with Gasteiger partial charge in [0.1, 0.15) is 0 Å². The summed E-state index contributed by atoms with van der Waals surface area (Å²) in [5.74, 6) is -0.264. The number of aromatic nitrogens is 1. The Morgan fingerprint density at radius 3 is 2.80 bits per heavy atom. The molecule has 0 aliphatic heterocycles. The summed E-state index contributed by atoms with van der Waals surface area (Å²) in [5, 5.41) is 10.6. The Morgan fingerprint density at radius 2 is 2.27 bits per heavy atom. The lowest BCUT2D eigenvalue weighted by atomic mass is 10.3. The molecule has 6 nitrogen and oxygen atoms in total. The van der Waals surface area contributed by atoms with Crippen LogP contribution in [0.1, 0.15) is 23.3 Å². The van der Waals surface area contributed by atoms with Gasteiger partial charge in [0.05, 0.1) is 6.10 Å². The van der Waals surface area contributed by atoms with Crippen LogP contribution in [0, 0.1) is 10.1 Å². The van der Waals surface area contributed by atoms with E-state index in [9.17, 15) is 14.9 Å². The zero-order valence-corrected chi connectivity index (χ0v) is 7.75. The number of hydrogen-bond donors (Lipinski definition) is 0. The van der Waals surface area contributed by atoms with Crippen LogP contribution in [-0.2, 0) is 0 Å². The molecule has 0 amide bonds. The van der Waals surface area contributed by atoms with Crippen molar-refractivity contribution >= 4 is 12.1 Å². The minimum absolute atomic E-state index is 0.0323. The van der Waals surface area contributed by atoms with E-state index in [1.54, 1.807) is 0 Å². The Kier molecular flexibility index (Phi) is 2.32. The summed E-state index contributed by atoms with van der Waals surface area (Å²) in [4.78, 5) is 24.0. The third kappa shape index (κ3) is 2.09. The molecule has 1 fully saturated rings. The smallest absolute Gasteiger partial charge is 0.406 e. The van der Waals surface area contributed by atoms with Crippen molar-refractivity contribution in [1.82, 2.24) is 4.98 Å². The Bertz CT molecular complexity index is 415. The van der Waals surface area contributed by atoms with Gasteiger partial charge >= 0.3 is 5.82 Å². The van der Waals surface area contributed by atoms with Gasteiger partial charge in [-0.1, -0.05) is 0 Å². The predicted molar refractivity (Wildman–Crippen MR) is 49.9 cm³/mol. The maximum atomic E-state index is 10.6. The van der Waals surface area contributed by atoms with Crippen molar-refractivity contribution in [2.75, 3.05) is 0 Å². The Balaban J connectivity index is 2.33. The molecule has 0 radical (unpaired) electrons. The van der Waals surface area contributed by atoms with Crippen molar-refractivity contribution in [3.8, 4) is 5.75 Å². The lowest BCUT2D eigenvalue weighted by molar-refractivity contribution is -0.390. The van der Waals surface area contributed by atoms with Gasteiger partial charge in [-0.3, -0.25) is 4.79 Å². The van der Waals surface area contributed by atoms with E-state index >= 15 is 0 Å². The van der Waals surface area contributed by atoms with E-state index < -0.39 is 10.7 Å². The zero-order valence-electron chi connectivity index (χ0n) is 7.75. The molecule has 15 heavy (non-hydrogen) atoms. The molecule has 2 rings (SSSR count). The average Bonchev–Trinajstić information content (AvgIpc) is 3.02. The fourth-order valence-corrected chi connectivity index (χ4v) is 1.10. The van der Waals surface area contributed by atoms with Crippen LogP contribution < -0.4 is 4.74 Å². The standard InChI is InChI=1S/C9H8N2O4/c12-5-6-1-4-8(15-7-2-3-7)9(10-6)11(13)14/h1,4-5,7H,2-3H2. The highest BCUT2D eigenvalue weighted by Crippen LogP contribution is 2.31. The van der Waals surface area contributed by atoms with Gasteiger partial charge in [0, 0.05) is 0 Å². The number of aldehydes is 1. The number of pyridine rings is 1. The van der Waals surface area contributed by atoms with Crippen LogP contribution in [0.5, 0.6) is 5.75 Å². The first-order valence-electron chi connectivity index (χ1n) is 4.48. The van der Waals surface area contributed by atoms with Gasteiger partial charge in [-0.05, 0) is 34.9 Å². The molecule has 1 heterocycles. The second-order valence-electron chi connectivity index (χ2n) is 3.25. The number of carbonyl (C=O) groups is 1. The highest BCUT2D eigenvalue weighted by atomic mass is 16.6. The van der Waals surface area contributed by atoms with Crippen molar-refractivity contribution in [2.45, 2.75) is 18.9 Å². The van der Waals surface area contributed by atoms with Crippen molar-refractivity contribution in [1.29, 1.82) is 0 Å². The highest BCUT2D eigenvalue weighted by molar-refractivity contribution is 5.72. The normalized spacial score (nSPS) is 14.7. The van der Waals surface area contributed by atoms with Gasteiger partial charge in [0.15, 0.2) is 6.29 Å². The average molecular weight is 208 g/mol. The largest absolute Gasteiger partial charge is 0.482 e. The number of nitrogens with zero attached hydrogens (tertiary/aromatic N) is 2. The van der Waals surface area contributed by atoms with Gasteiger partial charge < -0.3 is 14.9 Å². The third-order valence-electron chi connectivity index (χ3n) is 1.97. The molecular weight excluding hydrogens is 200 g/mol. The van der Waals surface area contributed by atoms with Crippen molar-refractivity contribution in [3.05, 3.63) is 27.9 Å². The third-order valence-corrected chi connectivity index (χ3v) is 1.97. The maximum Gasteiger partial charge on any atom is 0.406 e. The second kappa shape index (κ2) is 3.64. The summed E-state index contributed by atoms with van der Waals surface area (Å²) in [6.07, 6.45) is 2.35. The SMILES string of the molecule is O=Cc1ccc(OC2CC2)c([N+](=O)[O-])n1. The van der Waals surface area contributed by atoms with Gasteiger partial charge in [0.25, 0.3) is 0 Å². The molecule has 0 bridgehead atoms. The summed E-state index contributed by atoms with van der Waals surface area (Å²) in [5.41, 5.74) is 0.0323. The second-order valence-corrected chi connectivity index (χ2v) is 3.25. The summed E-state index contributed by atoms with van der Waals surface area (Å²) >= 11 is 0. The molecule has 1 saturated carbocycles. The van der Waals surface area contributed by atoms with Crippen LogP contribution in [0.4, 0.5) is 5.82 Å². The van der Waals surface area contributed by atoms with E-state index in [1.165, 1.54) is 12.1 Å². The van der Waals surface area contributed by atoms with Crippen LogP contribution in [0.3, 0.4) is 0 Å².